The normalized spacial score (nSPS) is 26.6. The van der Waals surface area contributed by atoms with Crippen LogP contribution in [0.5, 0.6) is 0 Å². The highest BCUT2D eigenvalue weighted by atomic mass is 16.6. The summed E-state index contributed by atoms with van der Waals surface area (Å²) in [4.78, 5) is 14.5. The molecule has 1 saturated heterocycles. The molecule has 1 amide bonds. The number of piperidine rings is 1. The molecule has 1 aliphatic carbocycles. The first kappa shape index (κ1) is 16.3. The van der Waals surface area contributed by atoms with Crippen molar-refractivity contribution in [2.75, 3.05) is 13.2 Å². The highest BCUT2D eigenvalue weighted by Crippen LogP contribution is 2.54. The standard InChI is InChI=1S/C19H27NO3/c1-18(2,3)23-17(21)20-11-7-10-16-12-19(16,20)14-22-13-15-8-5-4-6-9-15/h4-6,8-9,16H,7,10-14H2,1-3H3/t16-,19-/m0/s1. The molecular weight excluding hydrogens is 290 g/mol. The fraction of sp³-hybridized carbons (Fsp3) is 0.632. The van der Waals surface area contributed by atoms with Gasteiger partial charge in [-0.3, -0.25) is 4.90 Å². The van der Waals surface area contributed by atoms with Crippen molar-refractivity contribution in [1.29, 1.82) is 0 Å². The number of benzene rings is 1. The van der Waals surface area contributed by atoms with Gasteiger partial charge in [0.05, 0.1) is 18.8 Å². The number of fused-ring (bicyclic) bond motifs is 1. The SMILES string of the molecule is CC(C)(C)OC(=O)N1CCC[C@H]2C[C@]21COCc1ccccc1. The Bertz CT molecular complexity index is 551. The van der Waals surface area contributed by atoms with E-state index in [0.29, 0.717) is 19.1 Å². The third kappa shape index (κ3) is 3.69. The number of likely N-dealkylation sites (tertiary alicyclic amines) is 1. The minimum atomic E-state index is -0.453. The van der Waals surface area contributed by atoms with Crippen molar-refractivity contribution in [2.45, 2.75) is 57.8 Å². The smallest absolute Gasteiger partial charge is 0.410 e. The maximum Gasteiger partial charge on any atom is 0.410 e. The number of nitrogens with zero attached hydrogens (tertiary/aromatic N) is 1. The van der Waals surface area contributed by atoms with E-state index >= 15 is 0 Å². The Morgan fingerprint density at radius 1 is 1.30 bits per heavy atom. The van der Waals surface area contributed by atoms with Gasteiger partial charge in [-0.2, -0.15) is 0 Å². The monoisotopic (exact) mass is 317 g/mol. The molecule has 1 aliphatic heterocycles. The van der Waals surface area contributed by atoms with Crippen molar-refractivity contribution in [2.24, 2.45) is 5.92 Å². The van der Waals surface area contributed by atoms with Crippen LogP contribution < -0.4 is 0 Å². The van der Waals surface area contributed by atoms with E-state index < -0.39 is 5.60 Å². The molecule has 0 spiro atoms. The van der Waals surface area contributed by atoms with Crippen molar-refractivity contribution < 1.29 is 14.3 Å². The van der Waals surface area contributed by atoms with Crippen molar-refractivity contribution in [3.8, 4) is 0 Å². The molecule has 2 atom stereocenters. The van der Waals surface area contributed by atoms with E-state index in [-0.39, 0.29) is 11.6 Å². The molecule has 0 radical (unpaired) electrons. The van der Waals surface area contributed by atoms with Gasteiger partial charge in [0.1, 0.15) is 5.60 Å². The molecule has 23 heavy (non-hydrogen) atoms. The van der Waals surface area contributed by atoms with Crippen molar-refractivity contribution in [3.63, 3.8) is 0 Å². The lowest BCUT2D eigenvalue weighted by molar-refractivity contribution is -0.0181. The minimum Gasteiger partial charge on any atom is -0.444 e. The molecule has 2 aliphatic rings. The van der Waals surface area contributed by atoms with E-state index in [1.165, 1.54) is 12.0 Å². The van der Waals surface area contributed by atoms with Crippen LogP contribution >= 0.6 is 0 Å². The number of carbonyl (C=O) groups excluding carboxylic acids is 1. The van der Waals surface area contributed by atoms with E-state index in [0.717, 1.165) is 19.4 Å². The van der Waals surface area contributed by atoms with Gasteiger partial charge in [-0.05, 0) is 51.5 Å². The number of amides is 1. The quantitative estimate of drug-likeness (QED) is 0.843. The van der Waals surface area contributed by atoms with Crippen LogP contribution in [-0.2, 0) is 16.1 Å². The van der Waals surface area contributed by atoms with E-state index in [4.69, 9.17) is 9.47 Å². The zero-order valence-electron chi connectivity index (χ0n) is 14.4. The Morgan fingerprint density at radius 3 is 2.74 bits per heavy atom. The van der Waals surface area contributed by atoms with Crippen LogP contribution in [0, 0.1) is 5.92 Å². The van der Waals surface area contributed by atoms with Gasteiger partial charge in [0, 0.05) is 6.54 Å². The lowest BCUT2D eigenvalue weighted by atomic mass is 10.0. The van der Waals surface area contributed by atoms with Crippen LogP contribution in [0.3, 0.4) is 0 Å². The molecule has 1 saturated carbocycles. The summed E-state index contributed by atoms with van der Waals surface area (Å²) >= 11 is 0. The molecule has 1 aromatic rings. The highest BCUT2D eigenvalue weighted by molar-refractivity contribution is 5.70. The number of ether oxygens (including phenoxy) is 2. The molecule has 1 heterocycles. The second-order valence-electron chi connectivity index (χ2n) is 7.76. The van der Waals surface area contributed by atoms with E-state index in [9.17, 15) is 4.79 Å². The molecule has 0 unspecified atom stereocenters. The van der Waals surface area contributed by atoms with Gasteiger partial charge in [-0.15, -0.1) is 0 Å². The summed E-state index contributed by atoms with van der Waals surface area (Å²) in [5.41, 5.74) is 0.584. The largest absolute Gasteiger partial charge is 0.444 e. The van der Waals surface area contributed by atoms with E-state index in [1.807, 2.05) is 43.9 Å². The molecule has 0 N–H and O–H groups in total. The Balaban J connectivity index is 1.60. The lowest BCUT2D eigenvalue weighted by Crippen LogP contribution is -2.50. The molecule has 0 aromatic heterocycles. The average molecular weight is 317 g/mol. The molecular formula is C19H27NO3. The number of hydrogen-bond acceptors (Lipinski definition) is 3. The van der Waals surface area contributed by atoms with Crippen molar-refractivity contribution in [1.82, 2.24) is 4.90 Å². The first-order valence-electron chi connectivity index (χ1n) is 8.53. The van der Waals surface area contributed by atoms with Crippen LogP contribution in [-0.4, -0.2) is 35.3 Å². The van der Waals surface area contributed by atoms with Gasteiger partial charge in [0.25, 0.3) is 0 Å². The third-order valence-electron chi connectivity index (χ3n) is 4.75. The second-order valence-corrected chi connectivity index (χ2v) is 7.76. The molecule has 4 nitrogen and oxygen atoms in total. The first-order valence-corrected chi connectivity index (χ1v) is 8.53. The molecule has 0 bridgehead atoms. The number of hydrogen-bond donors (Lipinski definition) is 0. The van der Waals surface area contributed by atoms with Gasteiger partial charge in [0.2, 0.25) is 0 Å². The zero-order valence-corrected chi connectivity index (χ0v) is 14.4. The minimum absolute atomic E-state index is 0.130. The summed E-state index contributed by atoms with van der Waals surface area (Å²) < 4.78 is 11.6. The molecule has 3 rings (SSSR count). The van der Waals surface area contributed by atoms with Gasteiger partial charge in [-0.1, -0.05) is 30.3 Å². The fourth-order valence-corrected chi connectivity index (χ4v) is 3.55. The van der Waals surface area contributed by atoms with Gasteiger partial charge in [0.15, 0.2) is 0 Å². The summed E-state index contributed by atoms with van der Waals surface area (Å²) in [6.07, 6.45) is 3.10. The van der Waals surface area contributed by atoms with Gasteiger partial charge in [-0.25, -0.2) is 4.79 Å². The summed E-state index contributed by atoms with van der Waals surface area (Å²) in [7, 11) is 0. The average Bonchev–Trinajstić information content (AvgIpc) is 3.20. The maximum atomic E-state index is 12.5. The van der Waals surface area contributed by atoms with E-state index in [1.54, 1.807) is 0 Å². The van der Waals surface area contributed by atoms with Crippen LogP contribution in [0.2, 0.25) is 0 Å². The van der Waals surface area contributed by atoms with Gasteiger partial charge < -0.3 is 9.47 Å². The van der Waals surface area contributed by atoms with Gasteiger partial charge >= 0.3 is 6.09 Å². The number of rotatable bonds is 4. The Hall–Kier alpha value is -1.55. The predicted octanol–water partition coefficient (Wildman–Crippen LogP) is 3.99. The Kier molecular flexibility index (Phi) is 4.37. The Labute approximate surface area is 138 Å². The maximum absolute atomic E-state index is 12.5. The van der Waals surface area contributed by atoms with Crippen LogP contribution in [0.4, 0.5) is 4.79 Å². The summed E-state index contributed by atoms with van der Waals surface area (Å²) in [6.45, 7) is 7.72. The van der Waals surface area contributed by atoms with Crippen molar-refractivity contribution in [3.05, 3.63) is 35.9 Å². The topological polar surface area (TPSA) is 38.8 Å². The summed E-state index contributed by atoms with van der Waals surface area (Å²) in [6, 6.07) is 10.2. The molecule has 126 valence electrons. The third-order valence-corrected chi connectivity index (χ3v) is 4.75. The molecule has 2 fully saturated rings. The first-order chi connectivity index (χ1) is 10.9. The lowest BCUT2D eigenvalue weighted by Gasteiger charge is -2.37. The number of carbonyl (C=O) groups is 1. The summed E-state index contributed by atoms with van der Waals surface area (Å²) in [5.74, 6) is 0.569. The van der Waals surface area contributed by atoms with Crippen LogP contribution in [0.1, 0.15) is 45.6 Å². The van der Waals surface area contributed by atoms with Crippen LogP contribution in [0.15, 0.2) is 30.3 Å². The van der Waals surface area contributed by atoms with Crippen molar-refractivity contribution >= 4 is 6.09 Å². The Morgan fingerprint density at radius 2 is 2.04 bits per heavy atom. The second kappa shape index (κ2) is 6.16. The molecule has 4 heteroatoms. The molecule has 1 aromatic carbocycles. The zero-order chi connectivity index (χ0) is 16.5. The highest BCUT2D eigenvalue weighted by Gasteiger charge is 2.61. The van der Waals surface area contributed by atoms with Crippen LogP contribution in [0.25, 0.3) is 0 Å². The van der Waals surface area contributed by atoms with E-state index in [2.05, 4.69) is 12.1 Å². The predicted molar refractivity (Wildman–Crippen MR) is 89.1 cm³/mol. The fourth-order valence-electron chi connectivity index (χ4n) is 3.55. The summed E-state index contributed by atoms with van der Waals surface area (Å²) in [5, 5.41) is 0.